The van der Waals surface area contributed by atoms with Gasteiger partial charge in [0.2, 0.25) is 5.91 Å². The topological polar surface area (TPSA) is 69.6 Å². The number of carboxylic acids is 1. The van der Waals surface area contributed by atoms with Gasteiger partial charge in [-0.3, -0.25) is 9.59 Å². The smallest absolute Gasteiger partial charge is 0.303 e. The summed E-state index contributed by atoms with van der Waals surface area (Å²) < 4.78 is 0. The van der Waals surface area contributed by atoms with Crippen molar-refractivity contribution in [2.24, 2.45) is 0 Å². The highest BCUT2D eigenvalue weighted by Gasteiger charge is 2.04. The summed E-state index contributed by atoms with van der Waals surface area (Å²) in [6.45, 7) is 3.92. The van der Waals surface area contributed by atoms with Crippen LogP contribution >= 0.6 is 0 Å². The van der Waals surface area contributed by atoms with Gasteiger partial charge in [0.05, 0.1) is 0 Å². The SMILES string of the molecule is CCNC(=O)CCN(C)CCCC(=O)O. The van der Waals surface area contributed by atoms with Crippen LogP contribution in [-0.4, -0.2) is 48.6 Å². The first kappa shape index (κ1) is 13.9. The maximum atomic E-state index is 11.1. The van der Waals surface area contributed by atoms with Gasteiger partial charge >= 0.3 is 5.97 Å². The summed E-state index contributed by atoms with van der Waals surface area (Å²) in [6.07, 6.45) is 1.28. The van der Waals surface area contributed by atoms with Gasteiger partial charge in [0.1, 0.15) is 0 Å². The standard InChI is InChI=1S/C10H20N2O3/c1-3-11-9(13)6-8-12(2)7-4-5-10(14)15/h3-8H2,1-2H3,(H,11,13)(H,14,15). The number of hydrogen-bond donors (Lipinski definition) is 2. The lowest BCUT2D eigenvalue weighted by molar-refractivity contribution is -0.137. The van der Waals surface area contributed by atoms with Crippen LogP contribution in [0.25, 0.3) is 0 Å². The molecule has 0 saturated heterocycles. The Labute approximate surface area is 90.5 Å². The van der Waals surface area contributed by atoms with E-state index in [1.54, 1.807) is 0 Å². The van der Waals surface area contributed by atoms with Crippen molar-refractivity contribution in [2.45, 2.75) is 26.2 Å². The van der Waals surface area contributed by atoms with E-state index in [4.69, 9.17) is 5.11 Å². The van der Waals surface area contributed by atoms with E-state index >= 15 is 0 Å². The van der Waals surface area contributed by atoms with E-state index in [1.165, 1.54) is 0 Å². The molecule has 2 N–H and O–H groups in total. The normalized spacial score (nSPS) is 10.3. The highest BCUT2D eigenvalue weighted by Crippen LogP contribution is 1.94. The maximum absolute atomic E-state index is 11.1. The van der Waals surface area contributed by atoms with Crippen molar-refractivity contribution in [3.63, 3.8) is 0 Å². The fourth-order valence-corrected chi connectivity index (χ4v) is 1.19. The molecule has 0 fully saturated rings. The fraction of sp³-hybridized carbons (Fsp3) is 0.800. The maximum Gasteiger partial charge on any atom is 0.303 e. The molecule has 0 saturated carbocycles. The van der Waals surface area contributed by atoms with Gasteiger partial charge in [-0.05, 0) is 26.9 Å². The molecule has 0 heterocycles. The van der Waals surface area contributed by atoms with Crippen molar-refractivity contribution >= 4 is 11.9 Å². The third-order valence-corrected chi connectivity index (χ3v) is 2.03. The van der Waals surface area contributed by atoms with Crippen molar-refractivity contribution in [1.29, 1.82) is 0 Å². The summed E-state index contributed by atoms with van der Waals surface area (Å²) in [5, 5.41) is 11.1. The Morgan fingerprint density at radius 3 is 2.47 bits per heavy atom. The Morgan fingerprint density at radius 1 is 1.27 bits per heavy atom. The Balaban J connectivity index is 3.44. The second kappa shape index (κ2) is 8.23. The number of carboxylic acid groups (broad SMARTS) is 1. The van der Waals surface area contributed by atoms with Gasteiger partial charge in [-0.15, -0.1) is 0 Å². The molecule has 0 aromatic carbocycles. The highest BCUT2D eigenvalue weighted by atomic mass is 16.4. The zero-order valence-electron chi connectivity index (χ0n) is 9.45. The van der Waals surface area contributed by atoms with E-state index < -0.39 is 5.97 Å². The average Bonchev–Trinajstić information content (AvgIpc) is 2.14. The number of hydrogen-bond acceptors (Lipinski definition) is 3. The van der Waals surface area contributed by atoms with Crippen molar-refractivity contribution < 1.29 is 14.7 Å². The van der Waals surface area contributed by atoms with E-state index in [9.17, 15) is 9.59 Å². The molecule has 0 rings (SSSR count). The van der Waals surface area contributed by atoms with Gasteiger partial charge in [-0.1, -0.05) is 0 Å². The third kappa shape index (κ3) is 9.21. The lowest BCUT2D eigenvalue weighted by Gasteiger charge is -2.15. The van der Waals surface area contributed by atoms with E-state index in [-0.39, 0.29) is 12.3 Å². The van der Waals surface area contributed by atoms with Crippen LogP contribution in [0.15, 0.2) is 0 Å². The molecule has 0 radical (unpaired) electrons. The summed E-state index contributed by atoms with van der Waals surface area (Å²) in [4.78, 5) is 23.3. The predicted octanol–water partition coefficient (Wildman–Crippen LogP) is 0.309. The van der Waals surface area contributed by atoms with Crippen LogP contribution in [0.5, 0.6) is 0 Å². The van der Waals surface area contributed by atoms with Gasteiger partial charge in [0.15, 0.2) is 0 Å². The van der Waals surface area contributed by atoms with Crippen molar-refractivity contribution in [3.8, 4) is 0 Å². The molecule has 15 heavy (non-hydrogen) atoms. The first-order valence-corrected chi connectivity index (χ1v) is 5.23. The number of amides is 1. The number of aliphatic carboxylic acids is 1. The molecule has 0 aliphatic carbocycles. The van der Waals surface area contributed by atoms with Crippen LogP contribution in [0.3, 0.4) is 0 Å². The molecule has 0 aromatic heterocycles. The molecule has 0 unspecified atom stereocenters. The lowest BCUT2D eigenvalue weighted by Crippen LogP contribution is -2.29. The molecular formula is C10H20N2O3. The summed E-state index contributed by atoms with van der Waals surface area (Å²) in [6, 6.07) is 0. The zero-order chi connectivity index (χ0) is 11.7. The minimum atomic E-state index is -0.771. The van der Waals surface area contributed by atoms with Crippen LogP contribution in [0, 0.1) is 0 Å². The molecule has 88 valence electrons. The van der Waals surface area contributed by atoms with Gasteiger partial charge in [0, 0.05) is 25.9 Å². The number of carbonyl (C=O) groups excluding carboxylic acids is 1. The molecule has 0 atom stereocenters. The summed E-state index contributed by atoms with van der Waals surface area (Å²) in [5.41, 5.74) is 0. The molecular weight excluding hydrogens is 196 g/mol. The van der Waals surface area contributed by atoms with E-state index in [0.717, 1.165) is 0 Å². The van der Waals surface area contributed by atoms with E-state index in [0.29, 0.717) is 32.5 Å². The Morgan fingerprint density at radius 2 is 1.93 bits per heavy atom. The molecule has 0 bridgehead atoms. The quantitative estimate of drug-likeness (QED) is 0.612. The van der Waals surface area contributed by atoms with Gasteiger partial charge in [-0.2, -0.15) is 0 Å². The number of nitrogens with zero attached hydrogens (tertiary/aromatic N) is 1. The number of carbonyl (C=O) groups is 2. The fourth-order valence-electron chi connectivity index (χ4n) is 1.19. The van der Waals surface area contributed by atoms with Crippen molar-refractivity contribution in [1.82, 2.24) is 10.2 Å². The monoisotopic (exact) mass is 216 g/mol. The van der Waals surface area contributed by atoms with Crippen LogP contribution in [-0.2, 0) is 9.59 Å². The van der Waals surface area contributed by atoms with Crippen LogP contribution in [0.4, 0.5) is 0 Å². The third-order valence-electron chi connectivity index (χ3n) is 2.03. The first-order chi connectivity index (χ1) is 7.06. The van der Waals surface area contributed by atoms with Gasteiger partial charge in [-0.25, -0.2) is 0 Å². The summed E-state index contributed by atoms with van der Waals surface area (Å²) in [7, 11) is 1.89. The largest absolute Gasteiger partial charge is 0.481 e. The average molecular weight is 216 g/mol. The molecule has 5 nitrogen and oxygen atoms in total. The Kier molecular flexibility index (Phi) is 7.62. The molecule has 0 spiro atoms. The van der Waals surface area contributed by atoms with Crippen molar-refractivity contribution in [2.75, 3.05) is 26.7 Å². The molecule has 0 aliphatic heterocycles. The summed E-state index contributed by atoms with van der Waals surface area (Å²) in [5.74, 6) is -0.727. The van der Waals surface area contributed by atoms with Gasteiger partial charge in [0.25, 0.3) is 0 Å². The first-order valence-electron chi connectivity index (χ1n) is 5.23. The highest BCUT2D eigenvalue weighted by molar-refractivity contribution is 5.75. The van der Waals surface area contributed by atoms with Gasteiger partial charge < -0.3 is 15.3 Å². The van der Waals surface area contributed by atoms with Crippen LogP contribution in [0.2, 0.25) is 0 Å². The number of rotatable bonds is 8. The van der Waals surface area contributed by atoms with Crippen LogP contribution in [0.1, 0.15) is 26.2 Å². The predicted molar refractivity (Wildman–Crippen MR) is 57.7 cm³/mol. The van der Waals surface area contributed by atoms with Crippen molar-refractivity contribution in [3.05, 3.63) is 0 Å². The molecule has 0 aliphatic rings. The molecule has 0 aromatic rings. The van der Waals surface area contributed by atoms with E-state index in [2.05, 4.69) is 5.32 Å². The summed E-state index contributed by atoms with van der Waals surface area (Å²) >= 11 is 0. The lowest BCUT2D eigenvalue weighted by atomic mass is 10.3. The Hall–Kier alpha value is -1.10. The van der Waals surface area contributed by atoms with Crippen LogP contribution < -0.4 is 5.32 Å². The second-order valence-corrected chi connectivity index (χ2v) is 3.50. The van der Waals surface area contributed by atoms with E-state index in [1.807, 2.05) is 18.9 Å². The molecule has 5 heteroatoms. The minimum Gasteiger partial charge on any atom is -0.481 e. The number of nitrogens with one attached hydrogen (secondary N) is 1. The molecule has 1 amide bonds. The zero-order valence-corrected chi connectivity index (χ0v) is 9.45. The Bertz CT molecular complexity index is 207. The minimum absolute atomic E-state index is 0.0441. The second-order valence-electron chi connectivity index (χ2n) is 3.50.